The largest absolute Gasteiger partial charge is 0.484 e. The van der Waals surface area contributed by atoms with E-state index in [1.54, 1.807) is 13.1 Å². The summed E-state index contributed by atoms with van der Waals surface area (Å²) < 4.78 is 5.33. The van der Waals surface area contributed by atoms with Gasteiger partial charge in [0.2, 0.25) is 0 Å². The first-order chi connectivity index (χ1) is 12.8. The van der Waals surface area contributed by atoms with Crippen molar-refractivity contribution in [2.45, 2.75) is 52.7 Å². The lowest BCUT2D eigenvalue weighted by Gasteiger charge is -2.30. The van der Waals surface area contributed by atoms with E-state index >= 15 is 0 Å². The number of halogens is 1. The van der Waals surface area contributed by atoms with Gasteiger partial charge in [0, 0.05) is 38.8 Å². The van der Waals surface area contributed by atoms with Crippen LogP contribution in [0.3, 0.4) is 0 Å². The summed E-state index contributed by atoms with van der Waals surface area (Å²) in [5.74, 6) is 0.897. The van der Waals surface area contributed by atoms with Crippen LogP contribution in [0, 0.1) is 0 Å². The van der Waals surface area contributed by atoms with Crippen molar-refractivity contribution in [1.82, 2.24) is 15.5 Å². The van der Waals surface area contributed by atoms with Crippen LogP contribution in [0.1, 0.15) is 39.7 Å². The quantitative estimate of drug-likeness (QED) is 0.186. The van der Waals surface area contributed by atoms with E-state index in [2.05, 4.69) is 48.2 Å². The molecule has 0 unspecified atom stereocenters. The SMILES string of the molecule is CN=C(NCCCN(C(C)C)C(C)C)NCc1cccc(OCC(N)=O)c1.I. The van der Waals surface area contributed by atoms with Crippen LogP contribution in [0.15, 0.2) is 29.3 Å². The van der Waals surface area contributed by atoms with Gasteiger partial charge in [-0.15, -0.1) is 24.0 Å². The van der Waals surface area contributed by atoms with Gasteiger partial charge in [-0.2, -0.15) is 0 Å². The maximum Gasteiger partial charge on any atom is 0.255 e. The second-order valence-corrected chi connectivity index (χ2v) is 7.03. The zero-order chi connectivity index (χ0) is 20.2. The molecule has 1 rings (SSSR count). The van der Waals surface area contributed by atoms with Crippen LogP contribution < -0.4 is 21.1 Å². The Morgan fingerprint density at radius 1 is 1.21 bits per heavy atom. The number of ether oxygens (including phenoxy) is 1. The lowest BCUT2D eigenvalue weighted by molar-refractivity contribution is -0.119. The van der Waals surface area contributed by atoms with E-state index in [0.717, 1.165) is 31.0 Å². The van der Waals surface area contributed by atoms with E-state index < -0.39 is 5.91 Å². The van der Waals surface area contributed by atoms with Crippen LogP contribution in [0.25, 0.3) is 0 Å². The Morgan fingerprint density at radius 2 is 1.89 bits per heavy atom. The smallest absolute Gasteiger partial charge is 0.255 e. The third-order valence-corrected chi connectivity index (χ3v) is 4.18. The number of carbonyl (C=O) groups excluding carboxylic acids is 1. The average molecular weight is 505 g/mol. The van der Waals surface area contributed by atoms with Crippen molar-refractivity contribution < 1.29 is 9.53 Å². The first kappa shape index (κ1) is 26.4. The van der Waals surface area contributed by atoms with Crippen molar-refractivity contribution in [2.24, 2.45) is 10.7 Å². The van der Waals surface area contributed by atoms with Crippen LogP contribution in [0.4, 0.5) is 0 Å². The van der Waals surface area contributed by atoms with Crippen molar-refractivity contribution in [1.29, 1.82) is 0 Å². The molecule has 7 nitrogen and oxygen atoms in total. The first-order valence-electron chi connectivity index (χ1n) is 9.53. The molecule has 0 saturated heterocycles. The number of benzene rings is 1. The Labute approximate surface area is 186 Å². The highest BCUT2D eigenvalue weighted by Gasteiger charge is 2.12. The molecule has 0 aromatic heterocycles. The van der Waals surface area contributed by atoms with E-state index in [9.17, 15) is 4.79 Å². The molecule has 0 spiro atoms. The lowest BCUT2D eigenvalue weighted by atomic mass is 10.2. The van der Waals surface area contributed by atoms with Crippen LogP contribution >= 0.6 is 24.0 Å². The summed E-state index contributed by atoms with van der Waals surface area (Å²) in [7, 11) is 1.76. The van der Waals surface area contributed by atoms with E-state index in [0.29, 0.717) is 24.4 Å². The molecule has 160 valence electrons. The number of aliphatic imine (C=N–C) groups is 1. The summed E-state index contributed by atoms with van der Waals surface area (Å²) in [6.07, 6.45) is 1.05. The molecular formula is C20H36IN5O2. The van der Waals surface area contributed by atoms with Crippen LogP contribution in [-0.4, -0.2) is 55.6 Å². The molecule has 8 heteroatoms. The Morgan fingerprint density at radius 3 is 2.46 bits per heavy atom. The average Bonchev–Trinajstić information content (AvgIpc) is 2.62. The fourth-order valence-electron chi connectivity index (χ4n) is 2.89. The summed E-state index contributed by atoms with van der Waals surface area (Å²) in [6, 6.07) is 8.65. The predicted octanol–water partition coefficient (Wildman–Crippen LogP) is 2.34. The molecule has 1 amide bonds. The Kier molecular flexibility index (Phi) is 13.6. The zero-order valence-electron chi connectivity index (χ0n) is 17.7. The molecule has 4 N–H and O–H groups in total. The van der Waals surface area contributed by atoms with Gasteiger partial charge in [0.05, 0.1) is 0 Å². The highest BCUT2D eigenvalue weighted by atomic mass is 127. The Hall–Kier alpha value is -1.55. The maximum absolute atomic E-state index is 10.8. The molecule has 0 bridgehead atoms. The van der Waals surface area contributed by atoms with Gasteiger partial charge in [-0.1, -0.05) is 12.1 Å². The highest BCUT2D eigenvalue weighted by molar-refractivity contribution is 14.0. The number of hydrogen-bond donors (Lipinski definition) is 3. The molecule has 0 radical (unpaired) electrons. The highest BCUT2D eigenvalue weighted by Crippen LogP contribution is 2.13. The van der Waals surface area contributed by atoms with Gasteiger partial charge >= 0.3 is 0 Å². The molecule has 1 aromatic carbocycles. The molecule has 0 fully saturated rings. The number of nitrogens with one attached hydrogen (secondary N) is 2. The van der Waals surface area contributed by atoms with Gasteiger partial charge in [0.1, 0.15) is 5.75 Å². The van der Waals surface area contributed by atoms with Crippen LogP contribution in [-0.2, 0) is 11.3 Å². The van der Waals surface area contributed by atoms with Gasteiger partial charge in [-0.3, -0.25) is 14.7 Å². The van der Waals surface area contributed by atoms with Crippen molar-refractivity contribution in [3.8, 4) is 5.75 Å². The second-order valence-electron chi connectivity index (χ2n) is 7.03. The minimum absolute atomic E-state index is 0. The van der Waals surface area contributed by atoms with Crippen molar-refractivity contribution in [3.05, 3.63) is 29.8 Å². The normalized spacial score (nSPS) is 11.5. The van der Waals surface area contributed by atoms with E-state index in [1.807, 2.05) is 18.2 Å². The lowest BCUT2D eigenvalue weighted by Crippen LogP contribution is -2.41. The fourth-order valence-corrected chi connectivity index (χ4v) is 2.89. The van der Waals surface area contributed by atoms with E-state index in [1.165, 1.54) is 0 Å². The molecule has 0 heterocycles. The van der Waals surface area contributed by atoms with Gasteiger partial charge in [0.25, 0.3) is 5.91 Å². The Balaban J connectivity index is 0.00000729. The number of primary amides is 1. The third-order valence-electron chi connectivity index (χ3n) is 4.18. The molecular weight excluding hydrogens is 469 g/mol. The topological polar surface area (TPSA) is 92.0 Å². The van der Waals surface area contributed by atoms with Crippen molar-refractivity contribution >= 4 is 35.8 Å². The van der Waals surface area contributed by atoms with E-state index in [-0.39, 0.29) is 30.6 Å². The zero-order valence-corrected chi connectivity index (χ0v) is 20.0. The number of rotatable bonds is 11. The van der Waals surface area contributed by atoms with Crippen LogP contribution in [0.5, 0.6) is 5.75 Å². The number of carbonyl (C=O) groups is 1. The monoisotopic (exact) mass is 505 g/mol. The fraction of sp³-hybridized carbons (Fsp3) is 0.600. The third kappa shape index (κ3) is 10.7. The van der Waals surface area contributed by atoms with Crippen molar-refractivity contribution in [2.75, 3.05) is 26.7 Å². The second kappa shape index (κ2) is 14.4. The molecule has 0 aliphatic rings. The summed E-state index contributed by atoms with van der Waals surface area (Å²) in [6.45, 7) is 11.3. The van der Waals surface area contributed by atoms with Gasteiger partial charge in [-0.25, -0.2) is 0 Å². The number of guanidine groups is 1. The summed E-state index contributed by atoms with van der Waals surface area (Å²) >= 11 is 0. The number of nitrogens with two attached hydrogens (primary N) is 1. The molecule has 28 heavy (non-hydrogen) atoms. The standard InChI is InChI=1S/C20H35N5O2.HI/c1-15(2)25(16(3)4)11-7-10-23-20(22-5)24-13-17-8-6-9-18(12-17)27-14-19(21)26;/h6,8-9,12,15-16H,7,10-11,13-14H2,1-5H3,(H2,21,26)(H2,22,23,24);1H. The summed E-state index contributed by atoms with van der Waals surface area (Å²) in [5, 5.41) is 6.64. The van der Waals surface area contributed by atoms with Gasteiger partial charge < -0.3 is 21.1 Å². The molecule has 0 saturated carbocycles. The number of amides is 1. The van der Waals surface area contributed by atoms with Gasteiger partial charge in [-0.05, 0) is 51.8 Å². The predicted molar refractivity (Wildman–Crippen MR) is 126 cm³/mol. The maximum atomic E-state index is 10.8. The first-order valence-corrected chi connectivity index (χ1v) is 9.53. The minimum atomic E-state index is -0.489. The van der Waals surface area contributed by atoms with Crippen molar-refractivity contribution in [3.63, 3.8) is 0 Å². The Bertz CT molecular complexity index is 600. The summed E-state index contributed by atoms with van der Waals surface area (Å²) in [4.78, 5) is 17.6. The number of nitrogens with zero attached hydrogens (tertiary/aromatic N) is 2. The summed E-state index contributed by atoms with van der Waals surface area (Å²) in [5.41, 5.74) is 6.13. The molecule has 1 aromatic rings. The van der Waals surface area contributed by atoms with E-state index in [4.69, 9.17) is 10.5 Å². The molecule has 0 aliphatic carbocycles. The minimum Gasteiger partial charge on any atom is -0.484 e. The number of hydrogen-bond acceptors (Lipinski definition) is 4. The molecule has 0 aliphatic heterocycles. The van der Waals surface area contributed by atoms with Crippen LogP contribution in [0.2, 0.25) is 0 Å². The van der Waals surface area contributed by atoms with Gasteiger partial charge in [0.15, 0.2) is 12.6 Å². The molecule has 0 atom stereocenters.